The van der Waals surface area contributed by atoms with Crippen molar-refractivity contribution in [2.24, 2.45) is 5.92 Å². The van der Waals surface area contributed by atoms with Crippen LogP contribution in [-0.2, 0) is 14.8 Å². The highest BCUT2D eigenvalue weighted by Gasteiger charge is 2.34. The molecule has 6 nitrogen and oxygen atoms in total. The van der Waals surface area contributed by atoms with Crippen LogP contribution < -0.4 is 0 Å². The monoisotopic (exact) mass is 408 g/mol. The lowest BCUT2D eigenvalue weighted by Crippen LogP contribution is -2.41. The van der Waals surface area contributed by atoms with Gasteiger partial charge in [0.1, 0.15) is 6.54 Å². The molecule has 0 unspecified atom stereocenters. The van der Waals surface area contributed by atoms with Gasteiger partial charge >= 0.3 is 6.18 Å². The van der Waals surface area contributed by atoms with Crippen molar-refractivity contribution in [1.29, 1.82) is 0 Å². The first-order chi connectivity index (χ1) is 12.5. The minimum absolute atomic E-state index is 0.0845. The van der Waals surface area contributed by atoms with E-state index in [1.807, 2.05) is 0 Å². The number of halogens is 3. The van der Waals surface area contributed by atoms with Crippen molar-refractivity contribution in [3.63, 3.8) is 0 Å². The Bertz CT molecular complexity index is 760. The first-order valence-electron chi connectivity index (χ1n) is 8.54. The maximum absolute atomic E-state index is 12.8. The van der Waals surface area contributed by atoms with Crippen LogP contribution >= 0.6 is 0 Å². The van der Waals surface area contributed by atoms with Gasteiger partial charge in [-0.2, -0.15) is 17.5 Å². The molecule has 0 radical (unpaired) electrons. The van der Waals surface area contributed by atoms with Crippen LogP contribution in [-0.4, -0.2) is 69.1 Å². The summed E-state index contributed by atoms with van der Waals surface area (Å²) in [5, 5.41) is 0. The lowest BCUT2D eigenvalue weighted by molar-refractivity contribution is -0.141. The molecule has 1 saturated heterocycles. The molecule has 1 aromatic rings. The van der Waals surface area contributed by atoms with Crippen LogP contribution in [0.2, 0.25) is 0 Å². The van der Waals surface area contributed by atoms with Crippen molar-refractivity contribution in [3.8, 4) is 0 Å². The standard InChI is InChI=1S/C17H23F3N2O4S/c1-13(2)11-21(12-17(18,19)20)16(23)14-4-3-5-15(10-14)27(24,25)22-6-8-26-9-7-22/h3-5,10,13H,6-9,11-12H2,1-2H3. The van der Waals surface area contributed by atoms with Crippen molar-refractivity contribution >= 4 is 15.9 Å². The zero-order chi connectivity index (χ0) is 20.2. The molecule has 0 atom stereocenters. The number of hydrogen-bond donors (Lipinski definition) is 0. The molecule has 1 aliphatic heterocycles. The number of alkyl halides is 3. The van der Waals surface area contributed by atoms with E-state index in [0.29, 0.717) is 4.90 Å². The first kappa shape index (κ1) is 21.6. The summed E-state index contributed by atoms with van der Waals surface area (Å²) in [7, 11) is -3.84. The number of benzene rings is 1. The molecule has 152 valence electrons. The topological polar surface area (TPSA) is 66.9 Å². The van der Waals surface area contributed by atoms with E-state index >= 15 is 0 Å². The highest BCUT2D eigenvalue weighted by Crippen LogP contribution is 2.22. The fourth-order valence-electron chi connectivity index (χ4n) is 2.78. The van der Waals surface area contributed by atoms with Crippen molar-refractivity contribution in [2.75, 3.05) is 39.4 Å². The predicted octanol–water partition coefficient (Wildman–Crippen LogP) is 2.37. The predicted molar refractivity (Wildman–Crippen MR) is 92.8 cm³/mol. The van der Waals surface area contributed by atoms with Crippen LogP contribution in [0, 0.1) is 5.92 Å². The number of amides is 1. The summed E-state index contributed by atoms with van der Waals surface area (Å²) < 4.78 is 70.3. The molecular formula is C17H23F3N2O4S. The van der Waals surface area contributed by atoms with Gasteiger partial charge in [-0.15, -0.1) is 0 Å². The largest absolute Gasteiger partial charge is 0.406 e. The Morgan fingerprint density at radius 3 is 2.44 bits per heavy atom. The molecule has 0 spiro atoms. The Kier molecular flexibility index (Phi) is 6.87. The third-order valence-corrected chi connectivity index (χ3v) is 5.83. The first-order valence-corrected chi connectivity index (χ1v) is 9.98. The summed E-state index contributed by atoms with van der Waals surface area (Å²) in [4.78, 5) is 13.2. The third-order valence-electron chi connectivity index (χ3n) is 3.93. The second-order valence-electron chi connectivity index (χ2n) is 6.74. The fraction of sp³-hybridized carbons (Fsp3) is 0.588. The number of nitrogens with zero attached hydrogens (tertiary/aromatic N) is 2. The molecule has 1 aliphatic rings. The molecule has 0 N–H and O–H groups in total. The van der Waals surface area contributed by atoms with E-state index in [0.717, 1.165) is 6.07 Å². The summed E-state index contributed by atoms with van der Waals surface area (Å²) in [6.45, 7) is 2.86. The minimum atomic E-state index is -4.54. The van der Waals surface area contributed by atoms with E-state index in [-0.39, 0.29) is 49.2 Å². The van der Waals surface area contributed by atoms with Crippen molar-refractivity contribution in [2.45, 2.75) is 24.9 Å². The molecule has 10 heteroatoms. The number of morpholine rings is 1. The van der Waals surface area contributed by atoms with Crippen molar-refractivity contribution < 1.29 is 31.1 Å². The maximum Gasteiger partial charge on any atom is 0.406 e. The maximum atomic E-state index is 12.8. The smallest absolute Gasteiger partial charge is 0.379 e. The SMILES string of the molecule is CC(C)CN(CC(F)(F)F)C(=O)c1cccc(S(=O)(=O)N2CCOCC2)c1. The van der Waals surface area contributed by atoms with Gasteiger partial charge in [-0.05, 0) is 24.1 Å². The number of ether oxygens (including phenoxy) is 1. The van der Waals surface area contributed by atoms with Crippen LogP contribution in [0.3, 0.4) is 0 Å². The molecule has 1 heterocycles. The summed E-state index contributed by atoms with van der Waals surface area (Å²) in [5.41, 5.74) is -0.0887. The van der Waals surface area contributed by atoms with Crippen LogP contribution in [0.1, 0.15) is 24.2 Å². The molecule has 2 rings (SSSR count). The van der Waals surface area contributed by atoms with Crippen LogP contribution in [0.5, 0.6) is 0 Å². The second-order valence-corrected chi connectivity index (χ2v) is 8.68. The molecule has 0 aromatic heterocycles. The number of sulfonamides is 1. The fourth-order valence-corrected chi connectivity index (χ4v) is 4.24. The van der Waals surface area contributed by atoms with Gasteiger partial charge < -0.3 is 9.64 Å². The average molecular weight is 408 g/mol. The lowest BCUT2D eigenvalue weighted by atomic mass is 10.1. The van der Waals surface area contributed by atoms with E-state index in [2.05, 4.69) is 0 Å². The quantitative estimate of drug-likeness (QED) is 0.725. The Labute approximate surface area is 156 Å². The van der Waals surface area contributed by atoms with Crippen molar-refractivity contribution in [1.82, 2.24) is 9.21 Å². The average Bonchev–Trinajstić information content (AvgIpc) is 2.60. The summed E-state index contributed by atoms with van der Waals surface area (Å²) >= 11 is 0. The van der Waals surface area contributed by atoms with E-state index in [1.54, 1.807) is 13.8 Å². The Morgan fingerprint density at radius 2 is 1.89 bits per heavy atom. The Morgan fingerprint density at radius 1 is 1.26 bits per heavy atom. The number of rotatable bonds is 6. The van der Waals surface area contributed by atoms with E-state index in [9.17, 15) is 26.4 Å². The zero-order valence-electron chi connectivity index (χ0n) is 15.2. The Balaban J connectivity index is 2.29. The highest BCUT2D eigenvalue weighted by molar-refractivity contribution is 7.89. The van der Waals surface area contributed by atoms with Gasteiger partial charge in [0, 0.05) is 25.2 Å². The molecule has 1 aromatic carbocycles. The molecule has 27 heavy (non-hydrogen) atoms. The van der Waals surface area contributed by atoms with Gasteiger partial charge in [-0.25, -0.2) is 8.42 Å². The van der Waals surface area contributed by atoms with Gasteiger partial charge in [0.25, 0.3) is 5.91 Å². The number of hydrogen-bond acceptors (Lipinski definition) is 4. The molecule has 1 amide bonds. The lowest BCUT2D eigenvalue weighted by Gasteiger charge is -2.27. The zero-order valence-corrected chi connectivity index (χ0v) is 16.0. The van der Waals surface area contributed by atoms with Crippen molar-refractivity contribution in [3.05, 3.63) is 29.8 Å². The molecule has 0 saturated carbocycles. The van der Waals surface area contributed by atoms with Crippen LogP contribution in [0.15, 0.2) is 29.2 Å². The van der Waals surface area contributed by atoms with E-state index in [4.69, 9.17) is 4.74 Å². The van der Waals surface area contributed by atoms with E-state index in [1.165, 1.54) is 22.5 Å². The number of carbonyl (C=O) groups is 1. The van der Waals surface area contributed by atoms with Gasteiger partial charge in [-0.1, -0.05) is 19.9 Å². The molecule has 1 fully saturated rings. The molecule has 0 aliphatic carbocycles. The summed E-state index contributed by atoms with van der Waals surface area (Å²) in [6, 6.07) is 5.15. The van der Waals surface area contributed by atoms with Crippen LogP contribution in [0.4, 0.5) is 13.2 Å². The second kappa shape index (κ2) is 8.57. The van der Waals surface area contributed by atoms with Gasteiger partial charge in [0.15, 0.2) is 0 Å². The normalized spacial score (nSPS) is 16.5. The minimum Gasteiger partial charge on any atom is -0.379 e. The van der Waals surface area contributed by atoms with E-state index < -0.39 is 28.7 Å². The number of carbonyl (C=O) groups excluding carboxylic acids is 1. The summed E-state index contributed by atoms with van der Waals surface area (Å²) in [5.74, 6) is -1.02. The van der Waals surface area contributed by atoms with Crippen LogP contribution in [0.25, 0.3) is 0 Å². The van der Waals surface area contributed by atoms with Gasteiger partial charge in [-0.3, -0.25) is 4.79 Å². The Hall–Kier alpha value is -1.65. The molecule has 0 bridgehead atoms. The summed E-state index contributed by atoms with van der Waals surface area (Å²) in [6.07, 6.45) is -4.54. The highest BCUT2D eigenvalue weighted by atomic mass is 32.2. The third kappa shape index (κ3) is 5.91. The molecular weight excluding hydrogens is 385 g/mol. The van der Waals surface area contributed by atoms with Gasteiger partial charge in [0.2, 0.25) is 10.0 Å². The van der Waals surface area contributed by atoms with Gasteiger partial charge in [0.05, 0.1) is 18.1 Å².